The molecule has 1 N–H and O–H groups in total. The van der Waals surface area contributed by atoms with E-state index in [2.05, 4.69) is 32.2 Å². The summed E-state index contributed by atoms with van der Waals surface area (Å²) in [5, 5.41) is 4.02. The molecular weight excluding hydrogens is 558 g/mol. The number of hydrogen-bond donors (Lipinski definition) is 1. The van der Waals surface area contributed by atoms with E-state index < -0.39 is 5.97 Å². The molecule has 1 aliphatic rings. The van der Waals surface area contributed by atoms with Crippen LogP contribution in [-0.2, 0) is 11.3 Å². The van der Waals surface area contributed by atoms with Crippen molar-refractivity contribution in [3.05, 3.63) is 104 Å². The van der Waals surface area contributed by atoms with E-state index in [1.54, 1.807) is 49.6 Å². The molecule has 1 aromatic heterocycles. The van der Waals surface area contributed by atoms with Crippen molar-refractivity contribution in [3.8, 4) is 22.6 Å². The average Bonchev–Trinajstić information content (AvgIpc) is 3.37. The van der Waals surface area contributed by atoms with E-state index in [4.69, 9.17) is 25.8 Å². The summed E-state index contributed by atoms with van der Waals surface area (Å²) in [6.07, 6.45) is 2.17. The molecule has 0 fully saturated rings. The van der Waals surface area contributed by atoms with Crippen LogP contribution in [0.1, 0.15) is 56.8 Å². The second kappa shape index (κ2) is 11.4. The van der Waals surface area contributed by atoms with Gasteiger partial charge in [-0.3, -0.25) is 0 Å². The maximum absolute atomic E-state index is 12.9. The summed E-state index contributed by atoms with van der Waals surface area (Å²) in [5.41, 5.74) is 5.60. The van der Waals surface area contributed by atoms with Gasteiger partial charge >= 0.3 is 11.9 Å². The number of ether oxygens (including phenoxy) is 3. The number of methoxy groups -OCH3 is 1. The van der Waals surface area contributed by atoms with Crippen LogP contribution in [0.2, 0.25) is 5.02 Å². The Hall–Kier alpha value is -4.07. The minimum atomic E-state index is -0.526. The molecule has 41 heavy (non-hydrogen) atoms. The van der Waals surface area contributed by atoms with Crippen molar-refractivity contribution in [2.75, 3.05) is 12.4 Å². The third-order valence-corrected chi connectivity index (χ3v) is 7.98. The zero-order valence-electron chi connectivity index (χ0n) is 23.5. The first-order valence-electron chi connectivity index (χ1n) is 13.1. The number of nitrogens with one attached hydrogen (secondary N) is 1. The number of hydrogen-bond acceptors (Lipinski definition) is 7. The second-order valence-corrected chi connectivity index (χ2v) is 12.2. The van der Waals surface area contributed by atoms with Gasteiger partial charge in [-0.2, -0.15) is 0 Å². The highest BCUT2D eigenvalue weighted by Gasteiger charge is 2.27. The molecule has 0 saturated carbocycles. The van der Waals surface area contributed by atoms with Gasteiger partial charge in [-0.25, -0.2) is 9.59 Å². The van der Waals surface area contributed by atoms with E-state index in [9.17, 15) is 9.59 Å². The van der Waals surface area contributed by atoms with Gasteiger partial charge in [0.25, 0.3) is 0 Å². The number of allylic oxidation sites excluding steroid dienone is 1. The molecule has 0 aliphatic carbocycles. The highest BCUT2D eigenvalue weighted by atomic mass is 35.5. The van der Waals surface area contributed by atoms with Crippen molar-refractivity contribution in [1.82, 2.24) is 0 Å². The molecule has 0 saturated heterocycles. The Morgan fingerprint density at radius 1 is 0.951 bits per heavy atom. The number of carbonyl (C=O) groups excluding carboxylic acids is 2. The first-order chi connectivity index (χ1) is 19.5. The molecule has 1 aliphatic heterocycles. The van der Waals surface area contributed by atoms with Gasteiger partial charge < -0.3 is 19.5 Å². The molecule has 0 unspecified atom stereocenters. The number of fused-ring (bicyclic) bond motifs is 1. The van der Waals surface area contributed by atoms with Crippen LogP contribution < -0.4 is 14.8 Å². The minimum absolute atomic E-state index is 0.0657. The van der Waals surface area contributed by atoms with Crippen LogP contribution >= 0.6 is 22.9 Å². The molecular formula is C33H30ClNO5S. The zero-order valence-corrected chi connectivity index (χ0v) is 25.0. The topological polar surface area (TPSA) is 73.9 Å². The number of anilines is 1. The van der Waals surface area contributed by atoms with Crippen LogP contribution in [0.15, 0.2) is 72.8 Å². The molecule has 2 heterocycles. The summed E-state index contributed by atoms with van der Waals surface area (Å²) < 4.78 is 17.2. The fourth-order valence-electron chi connectivity index (χ4n) is 5.09. The summed E-state index contributed by atoms with van der Waals surface area (Å²) in [7, 11) is 1.56. The van der Waals surface area contributed by atoms with Gasteiger partial charge in [0.2, 0.25) is 0 Å². The van der Waals surface area contributed by atoms with Crippen LogP contribution in [-0.4, -0.2) is 24.6 Å². The number of rotatable bonds is 7. The van der Waals surface area contributed by atoms with Gasteiger partial charge in [-0.05, 0) is 87.4 Å². The zero-order chi connectivity index (χ0) is 29.3. The predicted octanol–water partition coefficient (Wildman–Crippen LogP) is 8.57. The molecule has 3 aromatic carbocycles. The van der Waals surface area contributed by atoms with E-state index in [1.165, 1.54) is 11.3 Å². The molecule has 0 radical (unpaired) electrons. The smallest absolute Gasteiger partial charge is 0.348 e. The van der Waals surface area contributed by atoms with E-state index in [0.29, 0.717) is 27.0 Å². The van der Waals surface area contributed by atoms with Gasteiger partial charge in [0, 0.05) is 38.3 Å². The van der Waals surface area contributed by atoms with Crippen LogP contribution in [0.4, 0.5) is 5.69 Å². The molecule has 210 valence electrons. The lowest BCUT2D eigenvalue weighted by Crippen LogP contribution is -2.32. The lowest BCUT2D eigenvalue weighted by Gasteiger charge is -2.33. The Bertz CT molecular complexity index is 1690. The predicted molar refractivity (Wildman–Crippen MR) is 164 cm³/mol. The largest absolute Gasteiger partial charge is 0.496 e. The third-order valence-electron chi connectivity index (χ3n) is 6.76. The molecule has 0 bridgehead atoms. The number of carbonyl (C=O) groups is 2. The number of aryl methyl sites for hydroxylation is 1. The summed E-state index contributed by atoms with van der Waals surface area (Å²) in [6.45, 7) is 8.30. The Labute approximate surface area is 248 Å². The molecule has 4 aromatic rings. The normalized spacial score (nSPS) is 13.5. The molecule has 5 rings (SSSR count). The standard InChI is InChI=1S/C33H30ClNO5S/c1-19-17-33(3,4)35-27-13-12-24(26(30(19)27)18-39-32(37)29-14-9-20(2)41-29)25-11-10-23(16-28(25)38-5)40-31(36)21-7-6-8-22(34)15-21/h6-17,35H,18H2,1-5H3. The first kappa shape index (κ1) is 28.5. The SMILES string of the molecule is COc1cc(OC(=O)c2cccc(Cl)c2)ccc1-c1ccc2c(c1COC(=O)c1ccc(C)s1)C(C)=CC(C)(C)N2. The first-order valence-corrected chi connectivity index (χ1v) is 14.3. The lowest BCUT2D eigenvalue weighted by atomic mass is 9.85. The monoisotopic (exact) mass is 587 g/mol. The summed E-state index contributed by atoms with van der Waals surface area (Å²) in [6, 6.07) is 19.5. The Morgan fingerprint density at radius 3 is 2.44 bits per heavy atom. The van der Waals surface area contributed by atoms with Gasteiger partial charge in [-0.15, -0.1) is 11.3 Å². The van der Waals surface area contributed by atoms with Crippen LogP contribution in [0, 0.1) is 6.92 Å². The van der Waals surface area contributed by atoms with Gasteiger partial charge in [0.05, 0.1) is 18.2 Å². The van der Waals surface area contributed by atoms with E-state index in [-0.39, 0.29) is 18.1 Å². The van der Waals surface area contributed by atoms with Crippen molar-refractivity contribution in [2.45, 2.75) is 39.8 Å². The summed E-state index contributed by atoms with van der Waals surface area (Å²) in [5.74, 6) is -0.0582. The Morgan fingerprint density at radius 2 is 1.73 bits per heavy atom. The fourth-order valence-corrected chi connectivity index (χ4v) is 6.04. The number of thiophene rings is 1. The third kappa shape index (κ3) is 6.16. The molecule has 0 spiro atoms. The van der Waals surface area contributed by atoms with Crippen molar-refractivity contribution in [2.24, 2.45) is 0 Å². The maximum atomic E-state index is 12.9. The second-order valence-electron chi connectivity index (χ2n) is 10.4. The quantitative estimate of drug-likeness (QED) is 0.172. The molecule has 0 amide bonds. The van der Waals surface area contributed by atoms with Crippen molar-refractivity contribution < 1.29 is 23.8 Å². The van der Waals surface area contributed by atoms with Crippen molar-refractivity contribution in [1.29, 1.82) is 0 Å². The van der Waals surface area contributed by atoms with Crippen LogP contribution in [0.5, 0.6) is 11.5 Å². The Kier molecular flexibility index (Phi) is 7.93. The summed E-state index contributed by atoms with van der Waals surface area (Å²) in [4.78, 5) is 27.2. The molecule has 8 heteroatoms. The number of halogens is 1. The van der Waals surface area contributed by atoms with Crippen molar-refractivity contribution in [3.63, 3.8) is 0 Å². The Balaban J connectivity index is 1.53. The van der Waals surface area contributed by atoms with E-state index >= 15 is 0 Å². The number of benzene rings is 3. The molecule has 0 atom stereocenters. The van der Waals surface area contributed by atoms with Gasteiger partial charge in [0.15, 0.2) is 0 Å². The highest BCUT2D eigenvalue weighted by Crippen LogP contribution is 2.43. The summed E-state index contributed by atoms with van der Waals surface area (Å²) >= 11 is 7.44. The van der Waals surface area contributed by atoms with Gasteiger partial charge in [0.1, 0.15) is 23.0 Å². The van der Waals surface area contributed by atoms with Crippen LogP contribution in [0.3, 0.4) is 0 Å². The van der Waals surface area contributed by atoms with E-state index in [0.717, 1.165) is 38.4 Å². The maximum Gasteiger partial charge on any atom is 0.348 e. The van der Waals surface area contributed by atoms with Crippen molar-refractivity contribution >= 4 is 46.1 Å². The number of esters is 2. The average molecular weight is 588 g/mol. The molecule has 6 nitrogen and oxygen atoms in total. The highest BCUT2D eigenvalue weighted by molar-refractivity contribution is 7.13. The lowest BCUT2D eigenvalue weighted by molar-refractivity contribution is 0.0478. The van der Waals surface area contributed by atoms with Gasteiger partial charge in [-0.1, -0.05) is 29.8 Å². The minimum Gasteiger partial charge on any atom is -0.496 e. The van der Waals surface area contributed by atoms with E-state index in [1.807, 2.05) is 31.2 Å². The fraction of sp³-hybridized carbons (Fsp3) is 0.212. The van der Waals surface area contributed by atoms with Crippen LogP contribution in [0.25, 0.3) is 16.7 Å².